The highest BCUT2D eigenvalue weighted by Gasteiger charge is 2.32. The minimum atomic E-state index is -0.997. The van der Waals surface area contributed by atoms with E-state index >= 15 is 0 Å². The molecule has 0 radical (unpaired) electrons. The first-order chi connectivity index (χ1) is 15.2. The van der Waals surface area contributed by atoms with Crippen LogP contribution in [0, 0.1) is 17.8 Å². The highest BCUT2D eigenvalue weighted by molar-refractivity contribution is 5.93. The third kappa shape index (κ3) is 12.7. The largest absolute Gasteiger partial charge is 0.393 e. The van der Waals surface area contributed by atoms with Gasteiger partial charge in [-0.1, -0.05) is 65.7 Å². The van der Waals surface area contributed by atoms with Crippen LogP contribution in [0.1, 0.15) is 98.3 Å². The molecule has 0 aromatic heterocycles. The molecular weight excluding hydrogens is 406 g/mol. The number of aliphatic hydroxyl groups is 1. The molecule has 0 aliphatic heterocycles. The highest BCUT2D eigenvalue weighted by Crippen LogP contribution is 2.21. The minimum Gasteiger partial charge on any atom is -0.393 e. The van der Waals surface area contributed by atoms with Gasteiger partial charge in [0.15, 0.2) is 5.78 Å². The minimum absolute atomic E-state index is 0.0342. The molecule has 4 atom stereocenters. The van der Waals surface area contributed by atoms with Gasteiger partial charge in [0.2, 0.25) is 5.91 Å². The summed E-state index contributed by atoms with van der Waals surface area (Å²) in [6, 6.07) is -0.698. The average molecular weight is 456 g/mol. The van der Waals surface area contributed by atoms with E-state index in [0.717, 1.165) is 19.3 Å². The molecular formula is C25H49N3O4. The fourth-order valence-corrected chi connectivity index (χ4v) is 4.01. The smallest absolute Gasteiger partial charge is 0.226 e. The van der Waals surface area contributed by atoms with E-state index in [0.29, 0.717) is 19.4 Å². The summed E-state index contributed by atoms with van der Waals surface area (Å²) in [6.07, 6.45) is 8.86. The quantitative estimate of drug-likeness (QED) is 0.208. The van der Waals surface area contributed by atoms with Gasteiger partial charge in [0, 0.05) is 18.3 Å². The summed E-state index contributed by atoms with van der Waals surface area (Å²) in [5, 5.41) is 12.9. The van der Waals surface area contributed by atoms with Gasteiger partial charge in [0.1, 0.15) is 5.78 Å². The molecule has 32 heavy (non-hydrogen) atoms. The van der Waals surface area contributed by atoms with Crippen LogP contribution in [-0.2, 0) is 14.4 Å². The van der Waals surface area contributed by atoms with Crippen molar-refractivity contribution in [3.05, 3.63) is 0 Å². The zero-order valence-corrected chi connectivity index (χ0v) is 20.9. The van der Waals surface area contributed by atoms with Crippen LogP contribution < -0.4 is 16.8 Å². The summed E-state index contributed by atoms with van der Waals surface area (Å²) in [5.41, 5.74) is 11.3. The van der Waals surface area contributed by atoms with E-state index in [-0.39, 0.29) is 36.4 Å². The molecule has 0 aromatic carbocycles. The number of carbonyl (C=O) groups excluding carboxylic acids is 3. The Hall–Kier alpha value is -1.31. The fraction of sp³-hybridized carbons (Fsp3) is 0.880. The molecule has 0 heterocycles. The number of nitrogens with two attached hydrogens (primary N) is 2. The summed E-state index contributed by atoms with van der Waals surface area (Å²) >= 11 is 0. The maximum Gasteiger partial charge on any atom is 0.226 e. The van der Waals surface area contributed by atoms with Gasteiger partial charge in [-0.15, -0.1) is 0 Å². The maximum atomic E-state index is 13.0. The van der Waals surface area contributed by atoms with Gasteiger partial charge in [-0.05, 0) is 39.3 Å². The molecule has 0 bridgehead atoms. The van der Waals surface area contributed by atoms with Gasteiger partial charge in [-0.2, -0.15) is 0 Å². The summed E-state index contributed by atoms with van der Waals surface area (Å²) in [6.45, 7) is 7.93. The molecule has 0 rings (SSSR count). The summed E-state index contributed by atoms with van der Waals surface area (Å²) in [7, 11) is 0. The Labute approximate surface area is 195 Å². The first kappa shape index (κ1) is 30.7. The lowest BCUT2D eigenvalue weighted by Crippen LogP contribution is -2.48. The van der Waals surface area contributed by atoms with Crippen LogP contribution in [0.5, 0.6) is 0 Å². The number of nitrogens with one attached hydrogen (secondary N) is 1. The zero-order chi connectivity index (χ0) is 24.5. The Morgan fingerprint density at radius 1 is 0.844 bits per heavy atom. The molecule has 0 aliphatic rings. The molecule has 0 spiro atoms. The van der Waals surface area contributed by atoms with Crippen LogP contribution in [0.15, 0.2) is 0 Å². The lowest BCUT2D eigenvalue weighted by Gasteiger charge is -2.25. The molecule has 0 fully saturated rings. The van der Waals surface area contributed by atoms with Crippen molar-refractivity contribution >= 4 is 17.5 Å². The van der Waals surface area contributed by atoms with Crippen molar-refractivity contribution < 1.29 is 19.5 Å². The Bertz CT molecular complexity index is 537. The molecule has 0 saturated carbocycles. The Balaban J connectivity index is 4.92. The normalized spacial score (nSPS) is 15.2. The van der Waals surface area contributed by atoms with E-state index < -0.39 is 24.0 Å². The second-order valence-electron chi connectivity index (χ2n) is 9.40. The number of hydrogen-bond donors (Lipinski definition) is 4. The number of amides is 1. The van der Waals surface area contributed by atoms with E-state index in [1.807, 2.05) is 0 Å². The van der Waals surface area contributed by atoms with E-state index in [2.05, 4.69) is 12.2 Å². The first-order valence-corrected chi connectivity index (χ1v) is 12.6. The van der Waals surface area contributed by atoms with Crippen LogP contribution in [-0.4, -0.2) is 47.8 Å². The molecule has 6 N–H and O–H groups in total. The highest BCUT2D eigenvalue weighted by atomic mass is 16.3. The van der Waals surface area contributed by atoms with E-state index in [1.165, 1.54) is 39.0 Å². The van der Waals surface area contributed by atoms with Gasteiger partial charge in [-0.25, -0.2) is 0 Å². The SMILES string of the molecule is CCCCCCCCCC(CCN)C(=O)C[C@H](C(=O)N[C@@H](CCN)C(=O)C(C)C)[C@H](C)O. The van der Waals surface area contributed by atoms with Crippen molar-refractivity contribution in [1.82, 2.24) is 5.32 Å². The van der Waals surface area contributed by atoms with Crippen LogP contribution in [0.25, 0.3) is 0 Å². The zero-order valence-electron chi connectivity index (χ0n) is 20.9. The van der Waals surface area contributed by atoms with Gasteiger partial charge < -0.3 is 21.9 Å². The van der Waals surface area contributed by atoms with Crippen LogP contribution in [0.4, 0.5) is 0 Å². The predicted octanol–water partition coefficient (Wildman–Crippen LogP) is 3.11. The van der Waals surface area contributed by atoms with Crippen molar-refractivity contribution in [2.45, 2.75) is 110 Å². The molecule has 7 heteroatoms. The predicted molar refractivity (Wildman–Crippen MR) is 130 cm³/mol. The van der Waals surface area contributed by atoms with Gasteiger partial charge >= 0.3 is 0 Å². The van der Waals surface area contributed by atoms with Crippen LogP contribution in [0.2, 0.25) is 0 Å². The Kier molecular flexibility index (Phi) is 17.4. The number of carbonyl (C=O) groups is 3. The molecule has 7 nitrogen and oxygen atoms in total. The average Bonchev–Trinajstić information content (AvgIpc) is 2.74. The number of hydrogen-bond acceptors (Lipinski definition) is 6. The number of aliphatic hydroxyl groups excluding tert-OH is 1. The lowest BCUT2D eigenvalue weighted by atomic mass is 9.85. The van der Waals surface area contributed by atoms with Crippen molar-refractivity contribution in [1.29, 1.82) is 0 Å². The van der Waals surface area contributed by atoms with Gasteiger partial charge in [-0.3, -0.25) is 14.4 Å². The third-order valence-corrected chi connectivity index (χ3v) is 6.15. The molecule has 1 unspecified atom stereocenters. The molecule has 1 amide bonds. The van der Waals surface area contributed by atoms with Gasteiger partial charge in [0.25, 0.3) is 0 Å². The van der Waals surface area contributed by atoms with Gasteiger partial charge in [0.05, 0.1) is 18.1 Å². The molecule has 188 valence electrons. The lowest BCUT2D eigenvalue weighted by molar-refractivity contribution is -0.137. The number of rotatable bonds is 20. The van der Waals surface area contributed by atoms with E-state index in [4.69, 9.17) is 11.5 Å². The number of Topliss-reactive ketones (excluding diaryl/α,β-unsaturated/α-hetero) is 2. The standard InChI is InChI=1S/C25H49N3O4/c1-5-6-7-8-9-10-11-12-20(13-15-26)23(30)17-21(19(4)29)25(32)28-22(14-16-27)24(31)18(2)3/h18-22,29H,5-17,26-27H2,1-4H3,(H,28,32)/t19-,20?,21-,22-/m0/s1. The van der Waals surface area contributed by atoms with Crippen molar-refractivity contribution in [3.8, 4) is 0 Å². The van der Waals surface area contributed by atoms with Crippen LogP contribution in [0.3, 0.4) is 0 Å². The topological polar surface area (TPSA) is 136 Å². The maximum absolute atomic E-state index is 13.0. The fourth-order valence-electron chi connectivity index (χ4n) is 4.01. The second-order valence-corrected chi connectivity index (χ2v) is 9.40. The summed E-state index contributed by atoms with van der Waals surface area (Å²) < 4.78 is 0. The Morgan fingerprint density at radius 3 is 1.91 bits per heavy atom. The summed E-state index contributed by atoms with van der Waals surface area (Å²) in [5.74, 6) is -1.93. The van der Waals surface area contributed by atoms with E-state index in [1.54, 1.807) is 13.8 Å². The second kappa shape index (κ2) is 18.2. The number of ketones is 2. The molecule has 0 aliphatic carbocycles. The van der Waals surface area contributed by atoms with Crippen LogP contribution >= 0.6 is 0 Å². The van der Waals surface area contributed by atoms with Crippen molar-refractivity contribution in [2.24, 2.45) is 29.2 Å². The monoisotopic (exact) mass is 455 g/mol. The first-order valence-electron chi connectivity index (χ1n) is 12.6. The van der Waals surface area contributed by atoms with Crippen molar-refractivity contribution in [2.75, 3.05) is 13.1 Å². The molecule has 0 aromatic rings. The third-order valence-electron chi connectivity index (χ3n) is 6.15. The van der Waals surface area contributed by atoms with E-state index in [9.17, 15) is 19.5 Å². The molecule has 0 saturated heterocycles. The van der Waals surface area contributed by atoms with Crippen molar-refractivity contribution in [3.63, 3.8) is 0 Å². The summed E-state index contributed by atoms with van der Waals surface area (Å²) in [4.78, 5) is 38.2. The number of unbranched alkanes of at least 4 members (excludes halogenated alkanes) is 6. The Morgan fingerprint density at radius 2 is 1.41 bits per heavy atom.